The van der Waals surface area contributed by atoms with Crippen LogP contribution in [0, 0.1) is 12.7 Å². The lowest BCUT2D eigenvalue weighted by molar-refractivity contribution is 0.435. The number of rotatable bonds is 5. The van der Waals surface area contributed by atoms with Crippen molar-refractivity contribution in [2.24, 2.45) is 0 Å². The molecule has 0 aromatic heterocycles. The first-order valence-electron chi connectivity index (χ1n) is 6.97. The highest BCUT2D eigenvalue weighted by Gasteiger charge is 2.20. The van der Waals surface area contributed by atoms with Gasteiger partial charge in [0.15, 0.2) is 11.6 Å². The highest BCUT2D eigenvalue weighted by molar-refractivity contribution is 5.40. The van der Waals surface area contributed by atoms with E-state index in [0.29, 0.717) is 11.8 Å². The van der Waals surface area contributed by atoms with Gasteiger partial charge in [0, 0.05) is 18.2 Å². The van der Waals surface area contributed by atoms with E-state index in [1.807, 2.05) is 19.1 Å². The van der Waals surface area contributed by atoms with E-state index in [4.69, 9.17) is 4.74 Å². The zero-order valence-electron chi connectivity index (χ0n) is 11.5. The molecule has 1 N–H and O–H groups in total. The molecule has 1 saturated carbocycles. The van der Waals surface area contributed by atoms with Gasteiger partial charge in [-0.25, -0.2) is 4.39 Å². The second-order valence-electron chi connectivity index (χ2n) is 5.30. The van der Waals surface area contributed by atoms with Gasteiger partial charge in [0.1, 0.15) is 5.75 Å². The predicted octanol–water partition coefficient (Wildman–Crippen LogP) is 4.18. The van der Waals surface area contributed by atoms with Crippen LogP contribution < -0.4 is 10.1 Å². The molecule has 104 valence electrons. The summed E-state index contributed by atoms with van der Waals surface area (Å²) in [7, 11) is 0. The van der Waals surface area contributed by atoms with Gasteiger partial charge in [0.2, 0.25) is 0 Å². The lowest BCUT2D eigenvalue weighted by Crippen LogP contribution is -2.15. The van der Waals surface area contributed by atoms with Gasteiger partial charge >= 0.3 is 0 Å². The maximum absolute atomic E-state index is 13.7. The Hall–Kier alpha value is -1.87. The van der Waals surface area contributed by atoms with Crippen LogP contribution in [0.15, 0.2) is 42.5 Å². The van der Waals surface area contributed by atoms with Gasteiger partial charge in [0.25, 0.3) is 0 Å². The maximum Gasteiger partial charge on any atom is 0.165 e. The molecular weight excluding hydrogens is 253 g/mol. The molecule has 1 fully saturated rings. The molecule has 0 heterocycles. The number of ether oxygens (including phenoxy) is 1. The average Bonchev–Trinajstić information content (AvgIpc) is 3.25. The van der Waals surface area contributed by atoms with Crippen molar-refractivity contribution in [3.8, 4) is 11.5 Å². The smallest absolute Gasteiger partial charge is 0.165 e. The molecule has 0 radical (unpaired) electrons. The van der Waals surface area contributed by atoms with Crippen molar-refractivity contribution in [2.75, 3.05) is 0 Å². The Morgan fingerprint density at radius 1 is 1.15 bits per heavy atom. The summed E-state index contributed by atoms with van der Waals surface area (Å²) in [4.78, 5) is 0. The Kier molecular flexibility index (Phi) is 3.70. The summed E-state index contributed by atoms with van der Waals surface area (Å²) in [6.45, 7) is 2.81. The molecule has 0 spiro atoms. The van der Waals surface area contributed by atoms with E-state index in [0.717, 1.165) is 12.1 Å². The number of benzene rings is 2. The van der Waals surface area contributed by atoms with Gasteiger partial charge in [-0.3, -0.25) is 0 Å². The van der Waals surface area contributed by atoms with E-state index in [-0.39, 0.29) is 11.6 Å². The van der Waals surface area contributed by atoms with Gasteiger partial charge in [-0.05, 0) is 38.0 Å². The van der Waals surface area contributed by atoms with Crippen LogP contribution in [0.1, 0.15) is 24.0 Å². The van der Waals surface area contributed by atoms with Crippen LogP contribution in [0.5, 0.6) is 11.5 Å². The summed E-state index contributed by atoms with van der Waals surface area (Å²) in [6, 6.07) is 13.1. The SMILES string of the molecule is Cc1ccc(Oc2ccccc2F)c(CNC2CC2)c1. The van der Waals surface area contributed by atoms with Crippen molar-refractivity contribution in [1.82, 2.24) is 5.32 Å². The lowest BCUT2D eigenvalue weighted by atomic mass is 10.1. The molecule has 0 bridgehead atoms. The molecule has 2 nitrogen and oxygen atoms in total. The summed E-state index contributed by atoms with van der Waals surface area (Å²) >= 11 is 0. The largest absolute Gasteiger partial charge is 0.454 e. The van der Waals surface area contributed by atoms with Crippen LogP contribution in [0.25, 0.3) is 0 Å². The first-order chi connectivity index (χ1) is 9.72. The molecule has 2 aromatic carbocycles. The maximum atomic E-state index is 13.7. The van der Waals surface area contributed by atoms with Crippen molar-refractivity contribution < 1.29 is 9.13 Å². The van der Waals surface area contributed by atoms with Crippen LogP contribution >= 0.6 is 0 Å². The van der Waals surface area contributed by atoms with E-state index in [1.54, 1.807) is 18.2 Å². The number of hydrogen-bond acceptors (Lipinski definition) is 2. The quantitative estimate of drug-likeness (QED) is 0.881. The van der Waals surface area contributed by atoms with E-state index in [2.05, 4.69) is 11.4 Å². The topological polar surface area (TPSA) is 21.3 Å². The van der Waals surface area contributed by atoms with Crippen molar-refractivity contribution in [3.63, 3.8) is 0 Å². The van der Waals surface area contributed by atoms with Crippen LogP contribution in [-0.2, 0) is 6.54 Å². The summed E-state index contributed by atoms with van der Waals surface area (Å²) < 4.78 is 19.4. The fourth-order valence-electron chi connectivity index (χ4n) is 2.13. The average molecular weight is 271 g/mol. The Bertz CT molecular complexity index is 608. The summed E-state index contributed by atoms with van der Waals surface area (Å²) in [5.74, 6) is 0.645. The Morgan fingerprint density at radius 3 is 2.70 bits per heavy atom. The monoisotopic (exact) mass is 271 g/mol. The number of nitrogens with one attached hydrogen (secondary N) is 1. The highest BCUT2D eigenvalue weighted by Crippen LogP contribution is 2.29. The molecule has 1 aliphatic carbocycles. The molecule has 0 aliphatic heterocycles. The summed E-state index contributed by atoms with van der Waals surface area (Å²) in [5.41, 5.74) is 2.25. The second kappa shape index (κ2) is 5.63. The van der Waals surface area contributed by atoms with Crippen LogP contribution in [0.3, 0.4) is 0 Å². The number of aryl methyl sites for hydroxylation is 1. The zero-order chi connectivity index (χ0) is 13.9. The van der Waals surface area contributed by atoms with Gasteiger partial charge in [-0.1, -0.05) is 29.8 Å². The standard InChI is InChI=1S/C17H18FNO/c1-12-6-9-16(13(10-12)11-19-14-7-8-14)20-17-5-3-2-4-15(17)18/h2-6,9-10,14,19H,7-8,11H2,1H3. The summed E-state index contributed by atoms with van der Waals surface area (Å²) in [6.07, 6.45) is 2.49. The highest BCUT2D eigenvalue weighted by atomic mass is 19.1. The second-order valence-corrected chi connectivity index (χ2v) is 5.30. The lowest BCUT2D eigenvalue weighted by Gasteiger charge is -2.13. The normalized spacial score (nSPS) is 14.3. The molecule has 0 amide bonds. The van der Waals surface area contributed by atoms with Crippen LogP contribution in [-0.4, -0.2) is 6.04 Å². The minimum Gasteiger partial charge on any atom is -0.454 e. The fourth-order valence-corrected chi connectivity index (χ4v) is 2.13. The molecule has 3 heteroatoms. The van der Waals surface area contributed by atoms with Crippen molar-refractivity contribution >= 4 is 0 Å². The van der Waals surface area contributed by atoms with E-state index in [1.165, 1.54) is 24.5 Å². The Labute approximate surface area is 118 Å². The van der Waals surface area contributed by atoms with Gasteiger partial charge in [-0.15, -0.1) is 0 Å². The fraction of sp³-hybridized carbons (Fsp3) is 0.294. The molecule has 1 aliphatic rings. The number of hydrogen-bond donors (Lipinski definition) is 1. The van der Waals surface area contributed by atoms with Crippen LogP contribution in [0.2, 0.25) is 0 Å². The summed E-state index contributed by atoms with van der Waals surface area (Å²) in [5, 5.41) is 3.47. The van der Waals surface area contributed by atoms with Gasteiger partial charge in [-0.2, -0.15) is 0 Å². The Morgan fingerprint density at radius 2 is 1.95 bits per heavy atom. The molecule has 3 rings (SSSR count). The third-order valence-corrected chi connectivity index (χ3v) is 3.43. The molecule has 0 saturated heterocycles. The van der Waals surface area contributed by atoms with E-state index < -0.39 is 0 Å². The number of halogens is 1. The minimum atomic E-state index is -0.339. The third kappa shape index (κ3) is 3.17. The first-order valence-corrected chi connectivity index (χ1v) is 6.97. The number of para-hydroxylation sites is 1. The zero-order valence-corrected chi connectivity index (χ0v) is 11.5. The minimum absolute atomic E-state index is 0.268. The molecule has 0 unspecified atom stereocenters. The van der Waals surface area contributed by atoms with E-state index >= 15 is 0 Å². The molecular formula is C17H18FNO. The third-order valence-electron chi connectivity index (χ3n) is 3.43. The Balaban J connectivity index is 1.82. The van der Waals surface area contributed by atoms with Gasteiger partial charge in [0.05, 0.1) is 0 Å². The van der Waals surface area contributed by atoms with Crippen molar-refractivity contribution in [2.45, 2.75) is 32.4 Å². The molecule has 20 heavy (non-hydrogen) atoms. The van der Waals surface area contributed by atoms with Gasteiger partial charge < -0.3 is 10.1 Å². The van der Waals surface area contributed by atoms with E-state index in [9.17, 15) is 4.39 Å². The van der Waals surface area contributed by atoms with Crippen molar-refractivity contribution in [3.05, 3.63) is 59.4 Å². The predicted molar refractivity (Wildman–Crippen MR) is 77.5 cm³/mol. The van der Waals surface area contributed by atoms with Crippen LogP contribution in [0.4, 0.5) is 4.39 Å². The molecule has 0 atom stereocenters. The van der Waals surface area contributed by atoms with Crippen molar-refractivity contribution in [1.29, 1.82) is 0 Å². The molecule has 2 aromatic rings. The first kappa shape index (κ1) is 13.1.